The fourth-order valence-corrected chi connectivity index (χ4v) is 0.995. The van der Waals surface area contributed by atoms with Crippen LogP contribution in [0, 0.1) is 11.6 Å². The Morgan fingerprint density at radius 1 is 1.36 bits per heavy atom. The van der Waals surface area contributed by atoms with Gasteiger partial charge in [0.1, 0.15) is 11.6 Å². The Labute approximate surface area is 81.9 Å². The third kappa shape index (κ3) is 3.40. The van der Waals surface area contributed by atoms with E-state index >= 15 is 0 Å². The van der Waals surface area contributed by atoms with Crippen LogP contribution in [0.2, 0.25) is 0 Å². The van der Waals surface area contributed by atoms with E-state index in [1.54, 1.807) is 0 Å². The molecule has 0 unspecified atom stereocenters. The average Bonchev–Trinajstić information content (AvgIpc) is 2.15. The van der Waals surface area contributed by atoms with E-state index in [2.05, 4.69) is 5.32 Å². The van der Waals surface area contributed by atoms with E-state index in [1.165, 1.54) is 12.1 Å². The molecule has 0 saturated carbocycles. The molecule has 2 nitrogen and oxygen atoms in total. The standard InChI is InChI=1S/C10H13F2NO/c1-13-4-5-14-7-8-2-3-9(11)6-10(8)12/h2-3,6,13H,4-5,7H2,1H3. The number of rotatable bonds is 5. The molecule has 0 spiro atoms. The van der Waals surface area contributed by atoms with E-state index in [4.69, 9.17) is 4.74 Å². The van der Waals surface area contributed by atoms with Crippen LogP contribution in [0.5, 0.6) is 0 Å². The van der Waals surface area contributed by atoms with Crippen molar-refractivity contribution in [2.24, 2.45) is 0 Å². The van der Waals surface area contributed by atoms with Crippen molar-refractivity contribution in [3.8, 4) is 0 Å². The van der Waals surface area contributed by atoms with Crippen LogP contribution >= 0.6 is 0 Å². The highest BCUT2D eigenvalue weighted by molar-refractivity contribution is 5.17. The van der Waals surface area contributed by atoms with Crippen LogP contribution in [0.4, 0.5) is 8.78 Å². The summed E-state index contributed by atoms with van der Waals surface area (Å²) < 4.78 is 30.7. The van der Waals surface area contributed by atoms with Crippen molar-refractivity contribution in [3.63, 3.8) is 0 Å². The molecule has 1 rings (SSSR count). The summed E-state index contributed by atoms with van der Waals surface area (Å²) >= 11 is 0. The average molecular weight is 201 g/mol. The van der Waals surface area contributed by atoms with Gasteiger partial charge in [-0.1, -0.05) is 6.07 Å². The Balaban J connectivity index is 2.42. The zero-order valence-electron chi connectivity index (χ0n) is 8.02. The zero-order valence-corrected chi connectivity index (χ0v) is 8.02. The highest BCUT2D eigenvalue weighted by atomic mass is 19.1. The first kappa shape index (κ1) is 11.1. The number of hydrogen-bond donors (Lipinski definition) is 1. The number of hydrogen-bond acceptors (Lipinski definition) is 2. The van der Waals surface area contributed by atoms with Crippen molar-refractivity contribution >= 4 is 0 Å². The Bertz CT molecular complexity index is 291. The Kier molecular flexibility index (Phi) is 4.49. The number of halogens is 2. The minimum absolute atomic E-state index is 0.174. The van der Waals surface area contributed by atoms with E-state index < -0.39 is 11.6 Å². The van der Waals surface area contributed by atoms with Gasteiger partial charge in [-0.15, -0.1) is 0 Å². The van der Waals surface area contributed by atoms with Gasteiger partial charge >= 0.3 is 0 Å². The topological polar surface area (TPSA) is 21.3 Å². The third-order valence-corrected chi connectivity index (χ3v) is 1.77. The van der Waals surface area contributed by atoms with Gasteiger partial charge in [-0.2, -0.15) is 0 Å². The van der Waals surface area contributed by atoms with Crippen LogP contribution in [-0.2, 0) is 11.3 Å². The molecule has 0 aliphatic rings. The first-order valence-electron chi connectivity index (χ1n) is 4.40. The molecule has 14 heavy (non-hydrogen) atoms. The lowest BCUT2D eigenvalue weighted by atomic mass is 10.2. The molecule has 0 aliphatic heterocycles. The zero-order chi connectivity index (χ0) is 10.4. The van der Waals surface area contributed by atoms with Crippen LogP contribution in [0.25, 0.3) is 0 Å². The number of nitrogens with one attached hydrogen (secondary N) is 1. The smallest absolute Gasteiger partial charge is 0.131 e. The normalized spacial score (nSPS) is 10.5. The summed E-state index contributed by atoms with van der Waals surface area (Å²) in [5.41, 5.74) is 0.377. The second kappa shape index (κ2) is 5.67. The van der Waals surface area contributed by atoms with Crippen molar-refractivity contribution in [1.82, 2.24) is 5.32 Å². The van der Waals surface area contributed by atoms with Gasteiger partial charge in [0.25, 0.3) is 0 Å². The molecule has 0 bridgehead atoms. The minimum Gasteiger partial charge on any atom is -0.375 e. The fraction of sp³-hybridized carbons (Fsp3) is 0.400. The summed E-state index contributed by atoms with van der Waals surface area (Å²) in [6, 6.07) is 3.47. The molecular weight excluding hydrogens is 188 g/mol. The van der Waals surface area contributed by atoms with Crippen LogP contribution in [0.3, 0.4) is 0 Å². The maximum Gasteiger partial charge on any atom is 0.131 e. The van der Waals surface area contributed by atoms with Gasteiger partial charge in [0.15, 0.2) is 0 Å². The van der Waals surface area contributed by atoms with Crippen molar-refractivity contribution in [2.75, 3.05) is 20.2 Å². The van der Waals surface area contributed by atoms with Gasteiger partial charge in [0.2, 0.25) is 0 Å². The summed E-state index contributed by atoms with van der Waals surface area (Å²) in [6.45, 7) is 1.39. The molecule has 1 N–H and O–H groups in total. The van der Waals surface area contributed by atoms with E-state index in [-0.39, 0.29) is 6.61 Å². The van der Waals surface area contributed by atoms with E-state index in [0.29, 0.717) is 18.7 Å². The van der Waals surface area contributed by atoms with Crippen LogP contribution in [0.15, 0.2) is 18.2 Å². The Morgan fingerprint density at radius 3 is 2.79 bits per heavy atom. The van der Waals surface area contributed by atoms with Gasteiger partial charge in [0.05, 0.1) is 13.2 Å². The summed E-state index contributed by atoms with van der Waals surface area (Å²) in [4.78, 5) is 0. The Hall–Kier alpha value is -1.00. The van der Waals surface area contributed by atoms with Crippen LogP contribution in [0.1, 0.15) is 5.56 Å². The highest BCUT2D eigenvalue weighted by Crippen LogP contribution is 2.10. The molecule has 0 saturated heterocycles. The molecule has 4 heteroatoms. The molecule has 0 fully saturated rings. The molecule has 0 radical (unpaired) electrons. The van der Waals surface area contributed by atoms with Crippen molar-refractivity contribution in [1.29, 1.82) is 0 Å². The fourth-order valence-electron chi connectivity index (χ4n) is 0.995. The lowest BCUT2D eigenvalue weighted by Crippen LogP contribution is -2.14. The largest absolute Gasteiger partial charge is 0.375 e. The van der Waals surface area contributed by atoms with E-state index in [1.807, 2.05) is 7.05 Å². The highest BCUT2D eigenvalue weighted by Gasteiger charge is 2.02. The molecular formula is C10H13F2NO. The van der Waals surface area contributed by atoms with Gasteiger partial charge in [-0.25, -0.2) is 8.78 Å². The molecule has 0 heterocycles. The van der Waals surface area contributed by atoms with Gasteiger partial charge in [-0.3, -0.25) is 0 Å². The monoisotopic (exact) mass is 201 g/mol. The maximum atomic E-state index is 13.0. The van der Waals surface area contributed by atoms with Crippen molar-refractivity contribution in [3.05, 3.63) is 35.4 Å². The molecule has 1 aromatic carbocycles. The quantitative estimate of drug-likeness (QED) is 0.732. The predicted octanol–water partition coefficient (Wildman–Crippen LogP) is 1.70. The minimum atomic E-state index is -0.568. The first-order valence-corrected chi connectivity index (χ1v) is 4.40. The summed E-state index contributed by atoms with van der Waals surface area (Å²) in [5, 5.41) is 2.90. The number of ether oxygens (including phenoxy) is 1. The van der Waals surface area contributed by atoms with Gasteiger partial charge < -0.3 is 10.1 Å². The SMILES string of the molecule is CNCCOCc1ccc(F)cc1F. The maximum absolute atomic E-state index is 13.0. The van der Waals surface area contributed by atoms with E-state index in [0.717, 1.165) is 6.07 Å². The molecule has 0 atom stereocenters. The van der Waals surface area contributed by atoms with Crippen molar-refractivity contribution in [2.45, 2.75) is 6.61 Å². The molecule has 0 amide bonds. The molecule has 78 valence electrons. The van der Waals surface area contributed by atoms with E-state index in [9.17, 15) is 8.78 Å². The summed E-state index contributed by atoms with van der Waals surface area (Å²) in [5.74, 6) is -1.13. The molecule has 1 aromatic rings. The third-order valence-electron chi connectivity index (χ3n) is 1.77. The lowest BCUT2D eigenvalue weighted by molar-refractivity contribution is 0.121. The summed E-state index contributed by atoms with van der Waals surface area (Å²) in [7, 11) is 1.81. The second-order valence-corrected chi connectivity index (χ2v) is 2.89. The van der Waals surface area contributed by atoms with Gasteiger partial charge in [0, 0.05) is 18.2 Å². The predicted molar refractivity (Wildman–Crippen MR) is 49.9 cm³/mol. The molecule has 0 aliphatic carbocycles. The number of likely N-dealkylation sites (N-methyl/N-ethyl adjacent to an activating group) is 1. The number of benzene rings is 1. The lowest BCUT2D eigenvalue weighted by Gasteiger charge is -2.04. The molecule has 0 aromatic heterocycles. The second-order valence-electron chi connectivity index (χ2n) is 2.89. The summed E-state index contributed by atoms with van der Waals surface area (Å²) in [6.07, 6.45) is 0. The first-order chi connectivity index (χ1) is 6.74. The van der Waals surface area contributed by atoms with Crippen molar-refractivity contribution < 1.29 is 13.5 Å². The Morgan fingerprint density at radius 2 is 2.14 bits per heavy atom. The van der Waals surface area contributed by atoms with Crippen LogP contribution < -0.4 is 5.32 Å². The van der Waals surface area contributed by atoms with Gasteiger partial charge in [-0.05, 0) is 13.1 Å². The van der Waals surface area contributed by atoms with Crippen LogP contribution in [-0.4, -0.2) is 20.2 Å².